The van der Waals surface area contributed by atoms with Crippen LogP contribution in [0.5, 0.6) is 5.75 Å². The lowest BCUT2D eigenvalue weighted by Crippen LogP contribution is -2.24. The number of carbonyl (C=O) groups excluding carboxylic acids is 2. The van der Waals surface area contributed by atoms with E-state index in [1.54, 1.807) is 24.3 Å². The molecule has 0 fully saturated rings. The summed E-state index contributed by atoms with van der Waals surface area (Å²) >= 11 is 0. The van der Waals surface area contributed by atoms with Crippen molar-refractivity contribution in [2.45, 2.75) is 66.2 Å². The maximum atomic E-state index is 13.0. The van der Waals surface area contributed by atoms with Crippen LogP contribution in [0.25, 0.3) is 0 Å². The highest BCUT2D eigenvalue weighted by molar-refractivity contribution is 6.10. The molecular weight excluding hydrogens is 448 g/mol. The van der Waals surface area contributed by atoms with Gasteiger partial charge in [-0.2, -0.15) is 0 Å². The summed E-state index contributed by atoms with van der Waals surface area (Å²) in [6, 6.07) is 18.9. The zero-order valence-corrected chi connectivity index (χ0v) is 22.7. The number of rotatable bonds is 6. The smallest absolute Gasteiger partial charge is 0.262 e. The van der Waals surface area contributed by atoms with Crippen LogP contribution in [0.1, 0.15) is 74.2 Å². The number of anilines is 2. The Bertz CT molecular complexity index is 1260. The quantitative estimate of drug-likeness (QED) is 0.388. The molecule has 0 aliphatic carbocycles. The Morgan fingerprint density at radius 2 is 1.47 bits per heavy atom. The van der Waals surface area contributed by atoms with Crippen LogP contribution in [-0.4, -0.2) is 18.4 Å². The number of carbonyl (C=O) groups is 2. The van der Waals surface area contributed by atoms with Gasteiger partial charge in [-0.25, -0.2) is 0 Å². The lowest BCUT2D eigenvalue weighted by atomic mass is 9.80. The molecule has 0 aromatic heterocycles. The van der Waals surface area contributed by atoms with Crippen LogP contribution in [0.3, 0.4) is 0 Å². The third kappa shape index (κ3) is 6.75. The molecule has 0 spiro atoms. The zero-order valence-electron chi connectivity index (χ0n) is 22.7. The van der Waals surface area contributed by atoms with Crippen LogP contribution in [0.4, 0.5) is 11.4 Å². The fourth-order valence-corrected chi connectivity index (χ4v) is 3.85. The van der Waals surface area contributed by atoms with E-state index in [4.69, 9.17) is 4.74 Å². The fraction of sp³-hybridized carbons (Fsp3) is 0.355. The molecule has 0 radical (unpaired) electrons. The second kappa shape index (κ2) is 10.6. The van der Waals surface area contributed by atoms with Crippen molar-refractivity contribution < 1.29 is 14.3 Å². The average Bonchev–Trinajstić information content (AvgIpc) is 2.79. The Balaban J connectivity index is 1.73. The van der Waals surface area contributed by atoms with Crippen LogP contribution < -0.4 is 15.4 Å². The number of aryl methyl sites for hydroxylation is 2. The predicted molar refractivity (Wildman–Crippen MR) is 148 cm³/mol. The summed E-state index contributed by atoms with van der Waals surface area (Å²) in [5, 5.41) is 5.75. The van der Waals surface area contributed by atoms with Crippen molar-refractivity contribution in [2.75, 3.05) is 17.2 Å². The van der Waals surface area contributed by atoms with E-state index in [0.717, 1.165) is 16.7 Å². The molecule has 0 aliphatic rings. The largest absolute Gasteiger partial charge is 0.483 e. The fourth-order valence-electron chi connectivity index (χ4n) is 3.85. The van der Waals surface area contributed by atoms with Crippen LogP contribution in [0.2, 0.25) is 0 Å². The molecule has 0 saturated carbocycles. The minimum absolute atomic E-state index is 0.0114. The van der Waals surface area contributed by atoms with E-state index in [1.807, 2.05) is 38.1 Å². The van der Waals surface area contributed by atoms with Gasteiger partial charge in [-0.15, -0.1) is 0 Å². The molecule has 0 unspecified atom stereocenters. The number of hydrogen-bond acceptors (Lipinski definition) is 3. The van der Waals surface area contributed by atoms with Crippen molar-refractivity contribution in [2.24, 2.45) is 0 Å². The predicted octanol–water partition coefficient (Wildman–Crippen LogP) is 7.17. The first-order chi connectivity index (χ1) is 16.8. The minimum atomic E-state index is -0.332. The molecule has 2 amide bonds. The van der Waals surface area contributed by atoms with Crippen LogP contribution in [-0.2, 0) is 15.6 Å². The first kappa shape index (κ1) is 27.0. The summed E-state index contributed by atoms with van der Waals surface area (Å²) < 4.78 is 5.97. The first-order valence-electron chi connectivity index (χ1n) is 12.3. The maximum Gasteiger partial charge on any atom is 0.262 e. The van der Waals surface area contributed by atoms with Crippen LogP contribution >= 0.6 is 0 Å². The molecule has 3 aromatic carbocycles. The average molecular weight is 487 g/mol. The summed E-state index contributed by atoms with van der Waals surface area (Å²) in [4.78, 5) is 25.8. The normalized spacial score (nSPS) is 11.7. The molecule has 5 heteroatoms. The highest BCUT2D eigenvalue weighted by Crippen LogP contribution is 2.35. The minimum Gasteiger partial charge on any atom is -0.483 e. The molecule has 0 heterocycles. The number of para-hydroxylation sites is 1. The van der Waals surface area contributed by atoms with Crippen molar-refractivity contribution in [1.29, 1.82) is 0 Å². The molecule has 5 nitrogen and oxygen atoms in total. The number of benzene rings is 3. The Morgan fingerprint density at radius 3 is 2.11 bits per heavy atom. The monoisotopic (exact) mass is 486 g/mol. The van der Waals surface area contributed by atoms with Gasteiger partial charge in [-0.1, -0.05) is 71.9 Å². The van der Waals surface area contributed by atoms with Gasteiger partial charge in [0.05, 0.1) is 11.3 Å². The van der Waals surface area contributed by atoms with E-state index in [9.17, 15) is 9.59 Å². The summed E-state index contributed by atoms with van der Waals surface area (Å²) in [6.07, 6.45) is 0. The van der Waals surface area contributed by atoms with Gasteiger partial charge in [0.2, 0.25) is 0 Å². The van der Waals surface area contributed by atoms with E-state index in [-0.39, 0.29) is 29.3 Å². The lowest BCUT2D eigenvalue weighted by molar-refractivity contribution is -0.118. The van der Waals surface area contributed by atoms with Crippen molar-refractivity contribution in [3.05, 3.63) is 88.5 Å². The Morgan fingerprint density at radius 1 is 0.778 bits per heavy atom. The van der Waals surface area contributed by atoms with Crippen LogP contribution in [0.15, 0.2) is 60.7 Å². The molecule has 3 rings (SSSR count). The summed E-state index contributed by atoms with van der Waals surface area (Å²) in [6.45, 7) is 16.8. The van der Waals surface area contributed by atoms with Gasteiger partial charge in [0.15, 0.2) is 6.61 Å². The first-order valence-corrected chi connectivity index (χ1v) is 12.3. The van der Waals surface area contributed by atoms with E-state index in [1.165, 1.54) is 5.56 Å². The molecule has 0 atom stereocenters. The van der Waals surface area contributed by atoms with Crippen LogP contribution in [0, 0.1) is 13.8 Å². The van der Waals surface area contributed by atoms with Crippen molar-refractivity contribution in [3.63, 3.8) is 0 Å². The molecule has 0 bridgehead atoms. The molecular formula is C31H38N2O3. The number of hydrogen-bond donors (Lipinski definition) is 2. The molecule has 2 N–H and O–H groups in total. The topological polar surface area (TPSA) is 67.4 Å². The van der Waals surface area contributed by atoms with Crippen molar-refractivity contribution in [1.82, 2.24) is 0 Å². The SMILES string of the molecule is Cc1ccc(NC(=O)c2ccccc2NC(=O)COc2ccc(C(C)(C)C)cc2C(C)(C)C)cc1C. The van der Waals surface area contributed by atoms with E-state index in [2.05, 4.69) is 64.3 Å². The maximum absolute atomic E-state index is 13.0. The Kier molecular flexibility index (Phi) is 7.92. The van der Waals surface area contributed by atoms with Gasteiger partial charge in [-0.3, -0.25) is 9.59 Å². The third-order valence-electron chi connectivity index (χ3n) is 6.22. The Labute approximate surface area is 215 Å². The summed E-state index contributed by atoms with van der Waals surface area (Å²) in [5.41, 5.74) is 5.91. The van der Waals surface area contributed by atoms with Gasteiger partial charge in [-0.05, 0) is 77.3 Å². The second-order valence-corrected chi connectivity index (χ2v) is 11.3. The van der Waals surface area contributed by atoms with Crippen molar-refractivity contribution in [3.8, 4) is 5.75 Å². The molecule has 190 valence electrons. The molecule has 36 heavy (non-hydrogen) atoms. The second-order valence-electron chi connectivity index (χ2n) is 11.3. The molecule has 3 aromatic rings. The number of amides is 2. The Hall–Kier alpha value is -3.60. The zero-order chi connectivity index (χ0) is 26.7. The number of nitrogens with one attached hydrogen (secondary N) is 2. The highest BCUT2D eigenvalue weighted by atomic mass is 16.5. The van der Waals surface area contributed by atoms with E-state index >= 15 is 0 Å². The summed E-state index contributed by atoms with van der Waals surface area (Å²) in [5.74, 6) is 0.0652. The molecule has 0 saturated heterocycles. The van der Waals surface area contributed by atoms with Gasteiger partial charge < -0.3 is 15.4 Å². The summed E-state index contributed by atoms with van der Waals surface area (Å²) in [7, 11) is 0. The number of ether oxygens (including phenoxy) is 1. The van der Waals surface area contributed by atoms with E-state index < -0.39 is 0 Å². The van der Waals surface area contributed by atoms with E-state index in [0.29, 0.717) is 22.7 Å². The highest BCUT2D eigenvalue weighted by Gasteiger charge is 2.23. The standard InChI is InChI=1S/C31H38N2O3/c1-20-13-15-23(17-21(20)2)32-29(35)24-11-9-10-12-26(24)33-28(34)19-36-27-16-14-22(30(3,4)5)18-25(27)31(6,7)8/h9-18H,19H2,1-8H3,(H,32,35)(H,33,34). The van der Waals surface area contributed by atoms with Crippen molar-refractivity contribution >= 4 is 23.2 Å². The van der Waals surface area contributed by atoms with Gasteiger partial charge in [0, 0.05) is 5.69 Å². The lowest BCUT2D eigenvalue weighted by Gasteiger charge is -2.27. The molecule has 0 aliphatic heterocycles. The van der Waals surface area contributed by atoms with Gasteiger partial charge in [0.25, 0.3) is 11.8 Å². The third-order valence-corrected chi connectivity index (χ3v) is 6.22. The van der Waals surface area contributed by atoms with Gasteiger partial charge >= 0.3 is 0 Å². The van der Waals surface area contributed by atoms with Gasteiger partial charge in [0.1, 0.15) is 5.75 Å².